The van der Waals surface area contributed by atoms with Crippen molar-refractivity contribution in [1.82, 2.24) is 9.13 Å². The summed E-state index contributed by atoms with van der Waals surface area (Å²) in [6.07, 6.45) is 0. The Hall–Kier alpha value is -3.30. The van der Waals surface area contributed by atoms with Gasteiger partial charge in [-0.05, 0) is 0 Å². The number of carboxylic acid groups (broad SMARTS) is 2. The van der Waals surface area contributed by atoms with E-state index in [2.05, 4.69) is 0 Å². The first-order chi connectivity index (χ1) is 11.6. The number of carboxylic acids is 2. The van der Waals surface area contributed by atoms with Gasteiger partial charge in [0.1, 0.15) is 5.92 Å². The number of aromatic hydroxyl groups is 4. The molecule has 2 aromatic rings. The number of hydrogen-bond donors (Lipinski definition) is 6. The molecule has 134 valence electrons. The van der Waals surface area contributed by atoms with E-state index in [0.717, 1.165) is 16.7 Å². The first-order valence-corrected chi connectivity index (χ1v) is 7.23. The van der Waals surface area contributed by atoms with Crippen LogP contribution in [0.3, 0.4) is 0 Å². The van der Waals surface area contributed by atoms with Crippen LogP contribution in [0.2, 0.25) is 0 Å². The smallest absolute Gasteiger partial charge is 0.331 e. The van der Waals surface area contributed by atoms with E-state index in [0.29, 0.717) is 4.57 Å². The average molecular weight is 352 g/mol. The lowest BCUT2D eigenvalue weighted by molar-refractivity contribution is -0.148. The maximum absolute atomic E-state index is 12.1. The van der Waals surface area contributed by atoms with E-state index in [1.54, 1.807) is 0 Å². The van der Waals surface area contributed by atoms with Gasteiger partial charge in [0.15, 0.2) is 29.1 Å². The van der Waals surface area contributed by atoms with Gasteiger partial charge >= 0.3 is 11.9 Å². The van der Waals surface area contributed by atoms with Gasteiger partial charge in [0.2, 0.25) is 0 Å². The molecule has 1 aliphatic carbocycles. The molecule has 3 atom stereocenters. The third kappa shape index (κ3) is 1.84. The molecule has 3 rings (SSSR count). The van der Waals surface area contributed by atoms with Crippen LogP contribution in [-0.2, 0) is 21.7 Å². The van der Waals surface area contributed by atoms with Crippen LogP contribution in [0.5, 0.6) is 23.5 Å². The summed E-state index contributed by atoms with van der Waals surface area (Å²) in [5.41, 5.74) is -3.79. The molecule has 0 spiro atoms. The van der Waals surface area contributed by atoms with E-state index in [9.17, 15) is 40.2 Å². The number of carbonyl (C=O) groups is 2. The predicted octanol–water partition coefficient (Wildman–Crippen LogP) is 0.313. The molecule has 0 bridgehead atoms. The molecule has 0 radical (unpaired) electrons. The number of hydrogen-bond acceptors (Lipinski definition) is 6. The molecule has 1 saturated carbocycles. The fraction of sp³-hybridized carbons (Fsp3) is 0.333. The van der Waals surface area contributed by atoms with Crippen molar-refractivity contribution in [2.45, 2.75) is 19.0 Å². The van der Waals surface area contributed by atoms with Gasteiger partial charge in [0.05, 0.1) is 0 Å². The van der Waals surface area contributed by atoms with Crippen LogP contribution in [0, 0.1) is 11.3 Å². The molecule has 0 saturated heterocycles. The molecule has 1 fully saturated rings. The first kappa shape index (κ1) is 16.6. The second kappa shape index (κ2) is 4.85. The van der Waals surface area contributed by atoms with E-state index < -0.39 is 40.6 Å². The molecular formula is C15H16N2O8. The highest BCUT2D eigenvalue weighted by atomic mass is 16.4. The van der Waals surface area contributed by atoms with E-state index in [1.165, 1.54) is 19.1 Å². The van der Waals surface area contributed by atoms with Crippen molar-refractivity contribution in [1.29, 1.82) is 0 Å². The molecule has 6 N–H and O–H groups in total. The Morgan fingerprint density at radius 3 is 1.80 bits per heavy atom. The highest BCUT2D eigenvalue weighted by Crippen LogP contribution is 2.70. The summed E-state index contributed by atoms with van der Waals surface area (Å²) in [6.45, 7) is 0.954. The average Bonchev–Trinajstić information content (AvgIpc) is 2.69. The second-order valence-electron chi connectivity index (χ2n) is 6.28. The van der Waals surface area contributed by atoms with Crippen LogP contribution in [0.15, 0.2) is 24.3 Å². The van der Waals surface area contributed by atoms with Crippen LogP contribution in [0.4, 0.5) is 0 Å². The fourth-order valence-electron chi connectivity index (χ4n) is 3.88. The Kier molecular flexibility index (Phi) is 3.21. The standard InChI is InChI=1S/C15H16N2O8/c1-14(6-16-7(18)2-3-8(16)19)11(12(22)23)15(14,13(24)25)17-9(20)4-5-10(17)21/h2-5,11,18-21H,6H2,1H3,(H,22,23)(H,24,25). The monoisotopic (exact) mass is 352 g/mol. The molecule has 25 heavy (non-hydrogen) atoms. The van der Waals surface area contributed by atoms with Crippen LogP contribution in [-0.4, -0.2) is 51.7 Å². The van der Waals surface area contributed by atoms with Gasteiger partial charge in [0.25, 0.3) is 0 Å². The third-order valence-corrected chi connectivity index (χ3v) is 5.03. The summed E-state index contributed by atoms with van der Waals surface area (Å²) in [7, 11) is 0. The summed E-state index contributed by atoms with van der Waals surface area (Å²) >= 11 is 0. The quantitative estimate of drug-likeness (QED) is 0.447. The van der Waals surface area contributed by atoms with Crippen molar-refractivity contribution in [2.24, 2.45) is 11.3 Å². The number of nitrogens with zero attached hydrogens (tertiary/aromatic N) is 2. The molecule has 2 aromatic heterocycles. The Morgan fingerprint density at radius 2 is 1.40 bits per heavy atom. The maximum Gasteiger partial charge on any atom is 0.331 e. The normalized spacial score (nSPS) is 28.0. The van der Waals surface area contributed by atoms with Crippen LogP contribution in [0.25, 0.3) is 0 Å². The zero-order chi connectivity index (χ0) is 18.7. The molecule has 2 heterocycles. The molecule has 10 nitrogen and oxygen atoms in total. The summed E-state index contributed by atoms with van der Waals surface area (Å²) in [5, 5.41) is 58.9. The van der Waals surface area contributed by atoms with Gasteiger partial charge in [-0.3, -0.25) is 13.9 Å². The van der Waals surface area contributed by atoms with E-state index in [-0.39, 0.29) is 18.3 Å². The molecule has 10 heteroatoms. The van der Waals surface area contributed by atoms with Gasteiger partial charge in [0, 0.05) is 36.2 Å². The summed E-state index contributed by atoms with van der Waals surface area (Å²) in [5.74, 6) is -6.56. The molecule has 0 aromatic carbocycles. The SMILES string of the molecule is CC1(Cn2c(O)ccc2O)C(C(=O)O)C1(C(=O)O)n1c(O)ccc1O. The van der Waals surface area contributed by atoms with Crippen LogP contribution < -0.4 is 0 Å². The van der Waals surface area contributed by atoms with Gasteiger partial charge < -0.3 is 30.6 Å². The van der Waals surface area contributed by atoms with Crippen molar-refractivity contribution in [3.05, 3.63) is 24.3 Å². The molecule has 1 aliphatic rings. The highest BCUT2D eigenvalue weighted by Gasteiger charge is 2.84. The highest BCUT2D eigenvalue weighted by molar-refractivity contribution is 5.94. The largest absolute Gasteiger partial charge is 0.494 e. The summed E-state index contributed by atoms with van der Waals surface area (Å²) < 4.78 is 1.60. The minimum atomic E-state index is -2.21. The Balaban J connectivity index is 2.21. The first-order valence-electron chi connectivity index (χ1n) is 7.23. The van der Waals surface area contributed by atoms with Crippen molar-refractivity contribution < 1.29 is 40.2 Å². The van der Waals surface area contributed by atoms with Crippen LogP contribution >= 0.6 is 0 Å². The second-order valence-corrected chi connectivity index (χ2v) is 6.28. The molecule has 3 unspecified atom stereocenters. The molecule has 0 amide bonds. The Bertz CT molecular complexity index is 845. The zero-order valence-electron chi connectivity index (χ0n) is 13.0. The van der Waals surface area contributed by atoms with Crippen LogP contribution in [0.1, 0.15) is 6.92 Å². The van der Waals surface area contributed by atoms with Gasteiger partial charge in [-0.25, -0.2) is 4.79 Å². The van der Waals surface area contributed by atoms with E-state index >= 15 is 0 Å². The Morgan fingerprint density at radius 1 is 0.960 bits per heavy atom. The summed E-state index contributed by atoms with van der Waals surface area (Å²) in [4.78, 5) is 23.8. The van der Waals surface area contributed by atoms with Crippen molar-refractivity contribution in [3.63, 3.8) is 0 Å². The third-order valence-electron chi connectivity index (χ3n) is 5.03. The van der Waals surface area contributed by atoms with Gasteiger partial charge in [-0.15, -0.1) is 0 Å². The molecule has 0 aliphatic heterocycles. The topological polar surface area (TPSA) is 165 Å². The lowest BCUT2D eigenvalue weighted by Crippen LogP contribution is -2.35. The van der Waals surface area contributed by atoms with Crippen molar-refractivity contribution in [3.8, 4) is 23.5 Å². The van der Waals surface area contributed by atoms with Gasteiger partial charge in [-0.2, -0.15) is 0 Å². The van der Waals surface area contributed by atoms with Crippen molar-refractivity contribution >= 4 is 11.9 Å². The number of rotatable bonds is 5. The van der Waals surface area contributed by atoms with E-state index in [1.807, 2.05) is 0 Å². The number of aliphatic carboxylic acids is 2. The fourth-order valence-corrected chi connectivity index (χ4v) is 3.88. The predicted molar refractivity (Wildman–Crippen MR) is 80.4 cm³/mol. The van der Waals surface area contributed by atoms with Crippen molar-refractivity contribution in [2.75, 3.05) is 0 Å². The Labute approximate surface area is 140 Å². The van der Waals surface area contributed by atoms with E-state index in [4.69, 9.17) is 0 Å². The lowest BCUT2D eigenvalue weighted by atomic mass is 10.0. The lowest BCUT2D eigenvalue weighted by Gasteiger charge is -2.22. The molecular weight excluding hydrogens is 336 g/mol. The zero-order valence-corrected chi connectivity index (χ0v) is 13.0. The minimum absolute atomic E-state index is 0.377. The minimum Gasteiger partial charge on any atom is -0.494 e. The number of aromatic nitrogens is 2. The van der Waals surface area contributed by atoms with Gasteiger partial charge in [-0.1, -0.05) is 6.92 Å². The summed E-state index contributed by atoms with van der Waals surface area (Å²) in [6, 6.07) is 4.43. The maximum atomic E-state index is 12.1.